The van der Waals surface area contributed by atoms with Crippen LogP contribution in [0.25, 0.3) is 0 Å². The van der Waals surface area contributed by atoms with Gasteiger partial charge in [-0.2, -0.15) is 0 Å². The van der Waals surface area contributed by atoms with Crippen LogP contribution in [-0.2, 0) is 24.4 Å². The van der Waals surface area contributed by atoms with E-state index in [2.05, 4.69) is 51.3 Å². The van der Waals surface area contributed by atoms with Crippen molar-refractivity contribution in [2.24, 2.45) is 10.7 Å². The predicted molar refractivity (Wildman–Crippen MR) is 120 cm³/mol. The molecule has 0 spiro atoms. The number of guanidine groups is 1. The SMILES string of the molecule is CCN1CCN(Cc2ccccc2CN=C(N)Nc2ccccc2COC)CC1. The third-order valence-corrected chi connectivity index (χ3v) is 5.42. The molecule has 6 nitrogen and oxygen atoms in total. The second kappa shape index (κ2) is 11.0. The zero-order valence-electron chi connectivity index (χ0n) is 17.6. The van der Waals surface area contributed by atoms with Gasteiger partial charge in [0.1, 0.15) is 0 Å². The van der Waals surface area contributed by atoms with Gasteiger partial charge in [0.15, 0.2) is 5.96 Å². The summed E-state index contributed by atoms with van der Waals surface area (Å²) in [5.41, 5.74) is 10.7. The van der Waals surface area contributed by atoms with Gasteiger partial charge in [-0.1, -0.05) is 49.4 Å². The molecule has 1 aliphatic rings. The first kappa shape index (κ1) is 21.3. The predicted octanol–water partition coefficient (Wildman–Crippen LogP) is 2.90. The minimum atomic E-state index is 0.417. The largest absolute Gasteiger partial charge is 0.380 e. The first-order chi connectivity index (χ1) is 14.2. The van der Waals surface area contributed by atoms with E-state index in [4.69, 9.17) is 10.5 Å². The van der Waals surface area contributed by atoms with E-state index in [1.807, 2.05) is 24.3 Å². The number of nitrogens with zero attached hydrogens (tertiary/aromatic N) is 3. The lowest BCUT2D eigenvalue weighted by Gasteiger charge is -2.34. The molecule has 3 N–H and O–H groups in total. The van der Waals surface area contributed by atoms with Gasteiger partial charge in [0, 0.05) is 51.1 Å². The molecule has 156 valence electrons. The number of benzene rings is 2. The summed E-state index contributed by atoms with van der Waals surface area (Å²) < 4.78 is 5.25. The fourth-order valence-corrected chi connectivity index (χ4v) is 3.64. The zero-order valence-corrected chi connectivity index (χ0v) is 17.6. The molecule has 0 unspecified atom stereocenters. The maximum absolute atomic E-state index is 6.17. The molecular formula is C23H33N5O. The second-order valence-electron chi connectivity index (χ2n) is 7.40. The topological polar surface area (TPSA) is 66.1 Å². The molecule has 1 aliphatic heterocycles. The number of rotatable bonds is 8. The number of likely N-dealkylation sites (N-methyl/N-ethyl adjacent to an activating group) is 1. The number of nitrogens with one attached hydrogen (secondary N) is 1. The summed E-state index contributed by atoms with van der Waals surface area (Å²) in [6.07, 6.45) is 0. The maximum Gasteiger partial charge on any atom is 0.193 e. The minimum Gasteiger partial charge on any atom is -0.380 e. The van der Waals surface area contributed by atoms with Gasteiger partial charge in [-0.3, -0.25) is 4.90 Å². The Hall–Kier alpha value is -2.41. The van der Waals surface area contributed by atoms with E-state index >= 15 is 0 Å². The number of hydrogen-bond acceptors (Lipinski definition) is 4. The van der Waals surface area contributed by atoms with Crippen LogP contribution in [0.1, 0.15) is 23.6 Å². The minimum absolute atomic E-state index is 0.417. The van der Waals surface area contributed by atoms with Crippen LogP contribution in [0.15, 0.2) is 53.5 Å². The molecule has 0 bridgehead atoms. The van der Waals surface area contributed by atoms with Crippen molar-refractivity contribution in [3.8, 4) is 0 Å². The fourth-order valence-electron chi connectivity index (χ4n) is 3.64. The summed E-state index contributed by atoms with van der Waals surface area (Å²) in [5.74, 6) is 0.417. The van der Waals surface area contributed by atoms with Crippen molar-refractivity contribution < 1.29 is 4.74 Å². The molecule has 1 saturated heterocycles. The molecule has 0 aliphatic carbocycles. The number of piperazine rings is 1. The molecule has 29 heavy (non-hydrogen) atoms. The van der Waals surface area contributed by atoms with Crippen molar-refractivity contribution in [3.63, 3.8) is 0 Å². The Morgan fingerprint density at radius 2 is 1.59 bits per heavy atom. The van der Waals surface area contributed by atoms with Gasteiger partial charge in [-0.05, 0) is 23.7 Å². The Kier molecular flexibility index (Phi) is 8.04. The Morgan fingerprint density at radius 3 is 2.28 bits per heavy atom. The van der Waals surface area contributed by atoms with Crippen molar-refractivity contribution in [2.45, 2.75) is 26.6 Å². The summed E-state index contributed by atoms with van der Waals surface area (Å²) in [5, 5.41) is 3.21. The van der Waals surface area contributed by atoms with Crippen LogP contribution in [0.5, 0.6) is 0 Å². The molecule has 6 heteroatoms. The average Bonchev–Trinajstić information content (AvgIpc) is 2.75. The zero-order chi connectivity index (χ0) is 20.5. The number of methoxy groups -OCH3 is 1. The van der Waals surface area contributed by atoms with Gasteiger partial charge < -0.3 is 20.7 Å². The molecule has 0 aromatic heterocycles. The van der Waals surface area contributed by atoms with Crippen molar-refractivity contribution in [1.29, 1.82) is 0 Å². The number of anilines is 1. The van der Waals surface area contributed by atoms with E-state index in [-0.39, 0.29) is 0 Å². The molecule has 2 aromatic rings. The van der Waals surface area contributed by atoms with Crippen LogP contribution in [0.3, 0.4) is 0 Å². The van der Waals surface area contributed by atoms with E-state index in [1.165, 1.54) is 11.1 Å². The summed E-state index contributed by atoms with van der Waals surface area (Å²) in [7, 11) is 1.69. The van der Waals surface area contributed by atoms with Crippen LogP contribution in [0.2, 0.25) is 0 Å². The summed E-state index contributed by atoms with van der Waals surface area (Å²) in [6.45, 7) is 9.96. The highest BCUT2D eigenvalue weighted by Crippen LogP contribution is 2.17. The van der Waals surface area contributed by atoms with Gasteiger partial charge in [-0.25, -0.2) is 4.99 Å². The standard InChI is InChI=1S/C23H33N5O/c1-3-27-12-14-28(15-13-27)17-20-9-5-4-8-19(20)16-25-23(24)26-22-11-7-6-10-21(22)18-29-2/h4-11H,3,12-18H2,1-2H3,(H3,24,25,26). The van der Waals surface area contributed by atoms with Gasteiger partial charge in [0.2, 0.25) is 0 Å². The van der Waals surface area contributed by atoms with Crippen LogP contribution in [0.4, 0.5) is 5.69 Å². The van der Waals surface area contributed by atoms with Gasteiger partial charge in [-0.15, -0.1) is 0 Å². The number of para-hydroxylation sites is 1. The Morgan fingerprint density at radius 1 is 0.966 bits per heavy atom. The molecule has 0 radical (unpaired) electrons. The van der Waals surface area contributed by atoms with Gasteiger partial charge in [0.05, 0.1) is 13.2 Å². The quantitative estimate of drug-likeness (QED) is 0.531. The summed E-state index contributed by atoms with van der Waals surface area (Å²) in [6, 6.07) is 16.5. The van der Waals surface area contributed by atoms with Gasteiger partial charge >= 0.3 is 0 Å². The normalized spacial score (nSPS) is 16.1. The summed E-state index contributed by atoms with van der Waals surface area (Å²) in [4.78, 5) is 9.61. The number of ether oxygens (including phenoxy) is 1. The van der Waals surface area contributed by atoms with Gasteiger partial charge in [0.25, 0.3) is 0 Å². The molecule has 1 fully saturated rings. The lowest BCUT2D eigenvalue weighted by Crippen LogP contribution is -2.45. The average molecular weight is 396 g/mol. The Bertz CT molecular complexity index is 799. The van der Waals surface area contributed by atoms with Crippen molar-refractivity contribution in [3.05, 3.63) is 65.2 Å². The first-order valence-corrected chi connectivity index (χ1v) is 10.3. The number of aliphatic imine (C=N–C) groups is 1. The molecular weight excluding hydrogens is 362 g/mol. The van der Waals surface area contributed by atoms with Crippen molar-refractivity contribution in [2.75, 3.05) is 45.2 Å². The van der Waals surface area contributed by atoms with Crippen LogP contribution in [-0.4, -0.2) is 55.6 Å². The number of nitrogens with two attached hydrogens (primary N) is 1. The third kappa shape index (κ3) is 6.29. The molecule has 0 atom stereocenters. The molecule has 0 saturated carbocycles. The first-order valence-electron chi connectivity index (χ1n) is 10.3. The van der Waals surface area contributed by atoms with E-state index in [0.29, 0.717) is 19.1 Å². The highest BCUT2D eigenvalue weighted by molar-refractivity contribution is 5.92. The third-order valence-electron chi connectivity index (χ3n) is 5.42. The lowest BCUT2D eigenvalue weighted by atomic mass is 10.1. The molecule has 2 aromatic carbocycles. The highest BCUT2D eigenvalue weighted by atomic mass is 16.5. The number of hydrogen-bond donors (Lipinski definition) is 2. The van der Waals surface area contributed by atoms with E-state index < -0.39 is 0 Å². The molecule has 3 rings (SSSR count). The second-order valence-corrected chi connectivity index (χ2v) is 7.40. The van der Waals surface area contributed by atoms with E-state index in [0.717, 1.165) is 50.5 Å². The smallest absolute Gasteiger partial charge is 0.193 e. The van der Waals surface area contributed by atoms with Crippen LogP contribution >= 0.6 is 0 Å². The van der Waals surface area contributed by atoms with E-state index in [1.54, 1.807) is 7.11 Å². The Balaban J connectivity index is 1.62. The molecule has 1 heterocycles. The molecule has 0 amide bonds. The highest BCUT2D eigenvalue weighted by Gasteiger charge is 2.16. The van der Waals surface area contributed by atoms with Crippen molar-refractivity contribution in [1.82, 2.24) is 9.80 Å². The van der Waals surface area contributed by atoms with E-state index in [9.17, 15) is 0 Å². The van der Waals surface area contributed by atoms with Crippen LogP contribution < -0.4 is 11.1 Å². The summed E-state index contributed by atoms with van der Waals surface area (Å²) >= 11 is 0. The van der Waals surface area contributed by atoms with Crippen molar-refractivity contribution >= 4 is 11.6 Å². The fraction of sp³-hybridized carbons (Fsp3) is 0.435. The van der Waals surface area contributed by atoms with Crippen LogP contribution in [0, 0.1) is 0 Å². The monoisotopic (exact) mass is 395 g/mol. The lowest BCUT2D eigenvalue weighted by molar-refractivity contribution is 0.131. The Labute approximate surface area is 174 Å². The maximum atomic E-state index is 6.17.